The number of halogens is 1. The highest BCUT2D eigenvalue weighted by Crippen LogP contribution is 2.30. The summed E-state index contributed by atoms with van der Waals surface area (Å²) in [5.74, 6) is -0.176. The third-order valence-electron chi connectivity index (χ3n) is 3.28. The highest BCUT2D eigenvalue weighted by molar-refractivity contribution is 7.92. The number of rotatable bonds is 3. The van der Waals surface area contributed by atoms with E-state index in [-0.39, 0.29) is 16.3 Å². The van der Waals surface area contributed by atoms with Gasteiger partial charge in [-0.15, -0.1) is 0 Å². The van der Waals surface area contributed by atoms with Crippen LogP contribution in [0.4, 0.5) is 5.69 Å². The maximum Gasteiger partial charge on any atom is 0.262 e. The lowest BCUT2D eigenvalue weighted by molar-refractivity contribution is 0.477. The molecule has 0 spiro atoms. The summed E-state index contributed by atoms with van der Waals surface area (Å²) in [6.07, 6.45) is 0. The maximum atomic E-state index is 12.5. The second-order valence-corrected chi connectivity index (χ2v) is 7.06. The molecule has 2 aromatic rings. The zero-order valence-electron chi connectivity index (χ0n) is 11.9. The van der Waals surface area contributed by atoms with Crippen LogP contribution in [0.2, 0.25) is 5.02 Å². The number of hydrogen-bond donors (Lipinski definition) is 2. The van der Waals surface area contributed by atoms with Gasteiger partial charge >= 0.3 is 0 Å². The normalized spacial score (nSPS) is 11.4. The van der Waals surface area contributed by atoms with E-state index in [1.807, 2.05) is 19.9 Å². The lowest BCUT2D eigenvalue weighted by Gasteiger charge is -2.13. The fourth-order valence-electron chi connectivity index (χ4n) is 2.01. The third kappa shape index (κ3) is 3.31. The molecule has 0 fully saturated rings. The molecule has 0 radical (unpaired) electrons. The molecule has 2 rings (SSSR count). The topological polar surface area (TPSA) is 66.4 Å². The van der Waals surface area contributed by atoms with Crippen LogP contribution in [0, 0.1) is 20.8 Å². The van der Waals surface area contributed by atoms with E-state index in [0.29, 0.717) is 10.6 Å². The minimum atomic E-state index is -3.79. The lowest BCUT2D eigenvalue weighted by atomic mass is 10.1. The molecule has 0 aliphatic rings. The largest absolute Gasteiger partial charge is 0.506 e. The monoisotopic (exact) mass is 325 g/mol. The molecule has 0 aliphatic carbocycles. The number of hydrogen-bond acceptors (Lipinski definition) is 3. The molecule has 0 amide bonds. The summed E-state index contributed by atoms with van der Waals surface area (Å²) in [7, 11) is -3.79. The summed E-state index contributed by atoms with van der Waals surface area (Å²) >= 11 is 5.82. The molecule has 112 valence electrons. The van der Waals surface area contributed by atoms with Crippen molar-refractivity contribution in [2.45, 2.75) is 25.7 Å². The van der Waals surface area contributed by atoms with Crippen LogP contribution in [0.3, 0.4) is 0 Å². The summed E-state index contributed by atoms with van der Waals surface area (Å²) in [5, 5.41) is 10.1. The maximum absolute atomic E-state index is 12.5. The second-order valence-electron chi connectivity index (χ2n) is 4.97. The molecule has 0 aromatic heterocycles. The molecule has 21 heavy (non-hydrogen) atoms. The fourth-order valence-corrected chi connectivity index (χ4v) is 3.56. The van der Waals surface area contributed by atoms with Crippen LogP contribution in [-0.4, -0.2) is 13.5 Å². The summed E-state index contributed by atoms with van der Waals surface area (Å²) in [6.45, 7) is 5.51. The highest BCUT2D eigenvalue weighted by atomic mass is 35.5. The number of nitrogens with one attached hydrogen (secondary N) is 1. The van der Waals surface area contributed by atoms with Gasteiger partial charge in [0.15, 0.2) is 0 Å². The average Bonchev–Trinajstić information content (AvgIpc) is 2.37. The number of anilines is 1. The molecular formula is C15H16ClNO3S. The first-order valence-corrected chi connectivity index (χ1v) is 8.16. The van der Waals surface area contributed by atoms with E-state index in [0.717, 1.165) is 11.1 Å². The number of aromatic hydroxyl groups is 1. The van der Waals surface area contributed by atoms with Crippen LogP contribution in [0.1, 0.15) is 16.7 Å². The SMILES string of the molecule is Cc1cc(C)c(S(=O)(=O)Nc2cc(Cl)ccc2O)cc1C. The molecule has 0 atom stereocenters. The van der Waals surface area contributed by atoms with E-state index in [1.54, 1.807) is 13.0 Å². The molecule has 2 N–H and O–H groups in total. The Bertz CT molecular complexity index is 801. The minimum absolute atomic E-state index is 0.0557. The molecule has 0 saturated heterocycles. The zero-order chi connectivity index (χ0) is 15.8. The van der Waals surface area contributed by atoms with Gasteiger partial charge in [-0.2, -0.15) is 0 Å². The van der Waals surface area contributed by atoms with E-state index < -0.39 is 10.0 Å². The predicted molar refractivity (Wildman–Crippen MR) is 84.6 cm³/mol. The molecular weight excluding hydrogens is 310 g/mol. The van der Waals surface area contributed by atoms with Gasteiger partial charge in [-0.1, -0.05) is 17.7 Å². The Kier molecular flexibility index (Phi) is 4.16. The Labute approximate surface area is 129 Å². The molecule has 0 unspecified atom stereocenters. The van der Waals surface area contributed by atoms with E-state index in [9.17, 15) is 13.5 Å². The highest BCUT2D eigenvalue weighted by Gasteiger charge is 2.19. The molecule has 0 aliphatic heterocycles. The van der Waals surface area contributed by atoms with Crippen LogP contribution in [-0.2, 0) is 10.0 Å². The van der Waals surface area contributed by atoms with Gasteiger partial charge in [0.1, 0.15) is 5.75 Å². The van der Waals surface area contributed by atoms with E-state index in [4.69, 9.17) is 11.6 Å². The summed E-state index contributed by atoms with van der Waals surface area (Å²) in [6, 6.07) is 7.63. The first kappa shape index (κ1) is 15.7. The van der Waals surface area contributed by atoms with Crippen molar-refractivity contribution in [3.05, 3.63) is 52.0 Å². The molecule has 0 saturated carbocycles. The zero-order valence-corrected chi connectivity index (χ0v) is 13.5. The van der Waals surface area contributed by atoms with Gasteiger partial charge in [-0.05, 0) is 61.7 Å². The van der Waals surface area contributed by atoms with E-state index >= 15 is 0 Å². The first-order chi connectivity index (χ1) is 9.70. The van der Waals surface area contributed by atoms with Crippen molar-refractivity contribution in [3.63, 3.8) is 0 Å². The van der Waals surface area contributed by atoms with Crippen LogP contribution in [0.5, 0.6) is 5.75 Å². The average molecular weight is 326 g/mol. The Morgan fingerprint density at radius 2 is 1.62 bits per heavy atom. The van der Waals surface area contributed by atoms with Gasteiger partial charge in [-0.3, -0.25) is 4.72 Å². The Morgan fingerprint density at radius 1 is 1.00 bits per heavy atom. The number of phenolic OH excluding ortho intramolecular Hbond substituents is 1. The van der Waals surface area contributed by atoms with Gasteiger partial charge in [0.25, 0.3) is 10.0 Å². The summed E-state index contributed by atoms with van der Waals surface area (Å²) in [4.78, 5) is 0.185. The molecule has 2 aromatic carbocycles. The van der Waals surface area contributed by atoms with Crippen molar-refractivity contribution >= 4 is 27.3 Å². The van der Waals surface area contributed by atoms with E-state index in [2.05, 4.69) is 4.72 Å². The number of sulfonamides is 1. The van der Waals surface area contributed by atoms with Crippen LogP contribution >= 0.6 is 11.6 Å². The third-order valence-corrected chi connectivity index (χ3v) is 5.03. The first-order valence-electron chi connectivity index (χ1n) is 6.30. The van der Waals surface area contributed by atoms with Crippen molar-refractivity contribution in [2.75, 3.05) is 4.72 Å². The predicted octanol–water partition coefficient (Wildman–Crippen LogP) is 3.77. The van der Waals surface area contributed by atoms with Gasteiger partial charge < -0.3 is 5.11 Å². The summed E-state index contributed by atoms with van der Waals surface area (Å²) in [5.41, 5.74) is 2.61. The number of aryl methyl sites for hydroxylation is 3. The Balaban J connectivity index is 2.48. The van der Waals surface area contributed by atoms with Gasteiger partial charge in [-0.25, -0.2) is 8.42 Å². The van der Waals surface area contributed by atoms with Crippen molar-refractivity contribution in [1.82, 2.24) is 0 Å². The van der Waals surface area contributed by atoms with Crippen LogP contribution in [0.15, 0.2) is 35.2 Å². The summed E-state index contributed by atoms with van der Waals surface area (Å²) < 4.78 is 27.3. The lowest BCUT2D eigenvalue weighted by Crippen LogP contribution is -2.15. The van der Waals surface area contributed by atoms with Crippen LogP contribution < -0.4 is 4.72 Å². The quantitative estimate of drug-likeness (QED) is 0.844. The number of phenols is 1. The molecule has 0 bridgehead atoms. The van der Waals surface area contributed by atoms with Gasteiger partial charge in [0.05, 0.1) is 10.6 Å². The molecule has 4 nitrogen and oxygen atoms in total. The van der Waals surface area contributed by atoms with Gasteiger partial charge in [0.2, 0.25) is 0 Å². The molecule has 0 heterocycles. The smallest absolute Gasteiger partial charge is 0.262 e. The minimum Gasteiger partial charge on any atom is -0.506 e. The number of benzene rings is 2. The second kappa shape index (κ2) is 5.58. The van der Waals surface area contributed by atoms with E-state index in [1.165, 1.54) is 18.2 Å². The molecule has 6 heteroatoms. The van der Waals surface area contributed by atoms with Crippen LogP contribution in [0.25, 0.3) is 0 Å². The Morgan fingerprint density at radius 3 is 2.29 bits per heavy atom. The van der Waals surface area contributed by atoms with Crippen molar-refractivity contribution < 1.29 is 13.5 Å². The van der Waals surface area contributed by atoms with Crippen molar-refractivity contribution in [2.24, 2.45) is 0 Å². The Hall–Kier alpha value is -1.72. The van der Waals surface area contributed by atoms with Crippen molar-refractivity contribution in [3.8, 4) is 5.75 Å². The standard InChI is InChI=1S/C15H16ClNO3S/c1-9-6-11(3)15(7-10(9)2)21(19,20)17-13-8-12(16)4-5-14(13)18/h4-8,17-18H,1-3H3. The fraction of sp³-hybridized carbons (Fsp3) is 0.200. The van der Waals surface area contributed by atoms with Gasteiger partial charge in [0, 0.05) is 5.02 Å². The van der Waals surface area contributed by atoms with Crippen molar-refractivity contribution in [1.29, 1.82) is 0 Å².